The Bertz CT molecular complexity index is 481. The molecule has 5 heteroatoms. The molecule has 1 aromatic carbocycles. The van der Waals surface area contributed by atoms with Gasteiger partial charge in [-0.05, 0) is 11.1 Å². The lowest BCUT2D eigenvalue weighted by molar-refractivity contribution is 0.281. The Morgan fingerprint density at radius 2 is 2.12 bits per heavy atom. The second kappa shape index (κ2) is 5.56. The van der Waals surface area contributed by atoms with Crippen LogP contribution >= 0.6 is 0 Å². The predicted octanol–water partition coefficient (Wildman–Crippen LogP) is 0.597. The average molecular weight is 232 g/mol. The molecule has 1 heterocycles. The second-order valence-electron chi connectivity index (χ2n) is 3.97. The number of hydrogen-bond donors (Lipinski definition) is 2. The number of rotatable bonds is 5. The van der Waals surface area contributed by atoms with Crippen molar-refractivity contribution in [2.45, 2.75) is 19.7 Å². The van der Waals surface area contributed by atoms with Crippen molar-refractivity contribution < 1.29 is 5.11 Å². The molecular formula is C12H16N4O. The Morgan fingerprint density at radius 3 is 2.82 bits per heavy atom. The van der Waals surface area contributed by atoms with Gasteiger partial charge < -0.3 is 10.4 Å². The topological polar surface area (TPSA) is 63.0 Å². The van der Waals surface area contributed by atoms with Crippen LogP contribution in [-0.2, 0) is 26.7 Å². The fraction of sp³-hybridized carbons (Fsp3) is 0.333. The zero-order valence-corrected chi connectivity index (χ0v) is 9.80. The first-order chi connectivity index (χ1) is 8.28. The molecule has 0 unspecified atom stereocenters. The Kier molecular flexibility index (Phi) is 3.85. The average Bonchev–Trinajstić information content (AvgIpc) is 2.75. The van der Waals surface area contributed by atoms with E-state index in [9.17, 15) is 0 Å². The van der Waals surface area contributed by atoms with E-state index in [0.29, 0.717) is 6.54 Å². The van der Waals surface area contributed by atoms with Gasteiger partial charge in [0.1, 0.15) is 0 Å². The fourth-order valence-corrected chi connectivity index (χ4v) is 1.65. The van der Waals surface area contributed by atoms with Crippen LogP contribution in [-0.4, -0.2) is 20.1 Å². The molecule has 0 amide bonds. The second-order valence-corrected chi connectivity index (χ2v) is 3.97. The van der Waals surface area contributed by atoms with E-state index in [2.05, 4.69) is 15.6 Å². The number of aryl methyl sites for hydroxylation is 1. The number of nitrogens with one attached hydrogen (secondary N) is 1. The van der Waals surface area contributed by atoms with Crippen molar-refractivity contribution >= 4 is 0 Å². The molecule has 0 aliphatic carbocycles. The lowest BCUT2D eigenvalue weighted by atomic mass is 10.1. The van der Waals surface area contributed by atoms with Crippen molar-refractivity contribution in [1.82, 2.24) is 20.3 Å². The third-order valence-electron chi connectivity index (χ3n) is 2.46. The number of benzene rings is 1. The van der Waals surface area contributed by atoms with Crippen LogP contribution in [0.15, 0.2) is 30.5 Å². The molecule has 0 atom stereocenters. The van der Waals surface area contributed by atoms with E-state index >= 15 is 0 Å². The van der Waals surface area contributed by atoms with Crippen molar-refractivity contribution in [1.29, 1.82) is 0 Å². The van der Waals surface area contributed by atoms with Gasteiger partial charge in [-0.1, -0.05) is 29.5 Å². The predicted molar refractivity (Wildman–Crippen MR) is 63.9 cm³/mol. The van der Waals surface area contributed by atoms with Crippen LogP contribution < -0.4 is 5.32 Å². The minimum atomic E-state index is 0.0814. The minimum Gasteiger partial charge on any atom is -0.392 e. The molecule has 0 saturated heterocycles. The van der Waals surface area contributed by atoms with Crippen LogP contribution in [0.4, 0.5) is 0 Å². The van der Waals surface area contributed by atoms with Gasteiger partial charge >= 0.3 is 0 Å². The number of aliphatic hydroxyl groups is 1. The molecule has 0 radical (unpaired) electrons. The maximum Gasteiger partial charge on any atom is 0.0964 e. The number of nitrogens with zero attached hydrogens (tertiary/aromatic N) is 3. The molecule has 2 aromatic rings. The highest BCUT2D eigenvalue weighted by Crippen LogP contribution is 2.05. The molecule has 17 heavy (non-hydrogen) atoms. The summed E-state index contributed by atoms with van der Waals surface area (Å²) in [5.74, 6) is 0. The molecule has 0 bridgehead atoms. The summed E-state index contributed by atoms with van der Waals surface area (Å²) in [6, 6.07) is 7.88. The fourth-order valence-electron chi connectivity index (χ4n) is 1.65. The van der Waals surface area contributed by atoms with E-state index in [-0.39, 0.29) is 6.61 Å². The van der Waals surface area contributed by atoms with Crippen LogP contribution in [0.2, 0.25) is 0 Å². The molecule has 0 spiro atoms. The van der Waals surface area contributed by atoms with Crippen molar-refractivity contribution in [3.05, 3.63) is 47.3 Å². The Hall–Kier alpha value is -1.72. The lowest BCUT2D eigenvalue weighted by Crippen LogP contribution is -2.13. The zero-order chi connectivity index (χ0) is 12.1. The molecular weight excluding hydrogens is 216 g/mol. The van der Waals surface area contributed by atoms with Crippen molar-refractivity contribution in [3.63, 3.8) is 0 Å². The number of aromatic nitrogens is 3. The van der Waals surface area contributed by atoms with Gasteiger partial charge in [-0.15, -0.1) is 5.10 Å². The monoisotopic (exact) mass is 232 g/mol. The Labute approximate surface area is 100 Å². The number of hydrogen-bond acceptors (Lipinski definition) is 4. The van der Waals surface area contributed by atoms with Crippen LogP contribution in [0.3, 0.4) is 0 Å². The molecule has 0 aliphatic heterocycles. The van der Waals surface area contributed by atoms with Crippen molar-refractivity contribution in [2.24, 2.45) is 7.05 Å². The van der Waals surface area contributed by atoms with Crippen molar-refractivity contribution in [3.8, 4) is 0 Å². The van der Waals surface area contributed by atoms with Gasteiger partial charge in [0, 0.05) is 26.3 Å². The van der Waals surface area contributed by atoms with E-state index in [1.165, 1.54) is 0 Å². The third kappa shape index (κ3) is 3.37. The van der Waals surface area contributed by atoms with Gasteiger partial charge in [0.25, 0.3) is 0 Å². The SMILES string of the molecule is Cn1cc(CNCc2cccc(CO)c2)nn1. The quantitative estimate of drug-likeness (QED) is 0.792. The molecule has 0 aliphatic rings. The van der Waals surface area contributed by atoms with E-state index in [1.54, 1.807) is 4.68 Å². The van der Waals surface area contributed by atoms with E-state index < -0.39 is 0 Å². The van der Waals surface area contributed by atoms with Gasteiger partial charge in [0.2, 0.25) is 0 Å². The van der Waals surface area contributed by atoms with Gasteiger partial charge in [0.15, 0.2) is 0 Å². The van der Waals surface area contributed by atoms with Gasteiger partial charge in [0.05, 0.1) is 12.3 Å². The van der Waals surface area contributed by atoms with Crippen LogP contribution in [0.5, 0.6) is 0 Å². The highest BCUT2D eigenvalue weighted by atomic mass is 16.3. The maximum atomic E-state index is 9.03. The first kappa shape index (κ1) is 11.8. The first-order valence-corrected chi connectivity index (χ1v) is 5.52. The van der Waals surface area contributed by atoms with E-state index in [0.717, 1.165) is 23.4 Å². The summed E-state index contributed by atoms with van der Waals surface area (Å²) in [6.07, 6.45) is 1.89. The molecule has 2 N–H and O–H groups in total. The summed E-state index contributed by atoms with van der Waals surface area (Å²) in [7, 11) is 1.85. The summed E-state index contributed by atoms with van der Waals surface area (Å²) in [6.45, 7) is 1.53. The number of aliphatic hydroxyl groups excluding tert-OH is 1. The summed E-state index contributed by atoms with van der Waals surface area (Å²) < 4.78 is 1.68. The Morgan fingerprint density at radius 1 is 1.29 bits per heavy atom. The van der Waals surface area contributed by atoms with Crippen LogP contribution in [0.1, 0.15) is 16.8 Å². The van der Waals surface area contributed by atoms with Gasteiger partial charge in [-0.3, -0.25) is 4.68 Å². The molecule has 90 valence electrons. The van der Waals surface area contributed by atoms with Crippen molar-refractivity contribution in [2.75, 3.05) is 0 Å². The largest absolute Gasteiger partial charge is 0.392 e. The van der Waals surface area contributed by atoms with Crippen LogP contribution in [0.25, 0.3) is 0 Å². The molecule has 2 rings (SSSR count). The Balaban J connectivity index is 1.85. The smallest absolute Gasteiger partial charge is 0.0964 e. The summed E-state index contributed by atoms with van der Waals surface area (Å²) in [5, 5.41) is 20.2. The van der Waals surface area contributed by atoms with Gasteiger partial charge in [-0.25, -0.2) is 0 Å². The summed E-state index contributed by atoms with van der Waals surface area (Å²) in [4.78, 5) is 0. The lowest BCUT2D eigenvalue weighted by Gasteiger charge is -2.04. The molecule has 0 saturated carbocycles. The summed E-state index contributed by atoms with van der Waals surface area (Å²) >= 11 is 0. The van der Waals surface area contributed by atoms with E-state index in [4.69, 9.17) is 5.11 Å². The molecule has 1 aromatic heterocycles. The zero-order valence-electron chi connectivity index (χ0n) is 9.80. The molecule has 5 nitrogen and oxygen atoms in total. The molecule has 0 fully saturated rings. The van der Waals surface area contributed by atoms with E-state index in [1.807, 2.05) is 37.5 Å². The van der Waals surface area contributed by atoms with Crippen LogP contribution in [0, 0.1) is 0 Å². The highest BCUT2D eigenvalue weighted by Gasteiger charge is 1.98. The minimum absolute atomic E-state index is 0.0814. The summed E-state index contributed by atoms with van der Waals surface area (Å²) in [5.41, 5.74) is 3.01. The highest BCUT2D eigenvalue weighted by molar-refractivity contribution is 5.22. The standard InChI is InChI=1S/C12H16N4O/c1-16-8-12(14-15-16)7-13-6-10-3-2-4-11(5-10)9-17/h2-5,8,13,17H,6-7,9H2,1H3. The maximum absolute atomic E-state index is 9.03. The normalized spacial score (nSPS) is 10.7. The third-order valence-corrected chi connectivity index (χ3v) is 2.46. The van der Waals surface area contributed by atoms with Gasteiger partial charge in [-0.2, -0.15) is 0 Å². The first-order valence-electron chi connectivity index (χ1n) is 5.52.